The van der Waals surface area contributed by atoms with Crippen LogP contribution in [0.2, 0.25) is 10.2 Å². The molecule has 0 spiro atoms. The van der Waals surface area contributed by atoms with E-state index in [0.717, 1.165) is 19.3 Å². The number of esters is 2. The first-order valence-electron chi connectivity index (χ1n) is 8.45. The molecule has 0 N–H and O–H groups in total. The number of hydrogen-bond donors (Lipinski definition) is 0. The average molecular weight is 388 g/mol. The molecule has 1 heterocycles. The highest BCUT2D eigenvalue weighted by Gasteiger charge is 2.33. The zero-order valence-electron chi connectivity index (χ0n) is 14.6. The van der Waals surface area contributed by atoms with Gasteiger partial charge in [0.25, 0.3) is 0 Å². The molecule has 0 unspecified atom stereocenters. The van der Waals surface area contributed by atoms with Crippen molar-refractivity contribution in [3.05, 3.63) is 28.0 Å². The van der Waals surface area contributed by atoms with Crippen LogP contribution in [0.4, 0.5) is 0 Å². The minimum absolute atomic E-state index is 0.101. The van der Waals surface area contributed by atoms with Crippen LogP contribution in [0.3, 0.4) is 0 Å². The highest BCUT2D eigenvalue weighted by atomic mass is 35.5. The van der Waals surface area contributed by atoms with Gasteiger partial charge in [-0.05, 0) is 36.7 Å². The van der Waals surface area contributed by atoms with Crippen molar-refractivity contribution in [1.82, 2.24) is 4.98 Å². The largest absolute Gasteiger partial charge is 0.460 e. The number of carbonyl (C=O) groups excluding carboxylic acids is 2. The molecule has 5 nitrogen and oxygen atoms in total. The van der Waals surface area contributed by atoms with E-state index in [-0.39, 0.29) is 21.8 Å². The van der Waals surface area contributed by atoms with Gasteiger partial charge >= 0.3 is 11.9 Å². The Morgan fingerprint density at radius 1 is 1.32 bits per heavy atom. The molecule has 0 aliphatic heterocycles. The Kier molecular flexibility index (Phi) is 7.08. The minimum atomic E-state index is -0.694. The lowest BCUT2D eigenvalue weighted by atomic mass is 9.75. The van der Waals surface area contributed by atoms with Crippen molar-refractivity contribution in [3.8, 4) is 0 Å². The molecule has 1 aliphatic rings. The number of nitrogens with zero attached hydrogens (tertiary/aromatic N) is 1. The number of aromatic nitrogens is 1. The second-order valence-corrected chi connectivity index (χ2v) is 7.69. The predicted octanol–water partition coefficient (Wildman–Crippen LogP) is 4.55. The van der Waals surface area contributed by atoms with Gasteiger partial charge in [0.15, 0.2) is 6.61 Å². The van der Waals surface area contributed by atoms with Gasteiger partial charge in [-0.3, -0.25) is 0 Å². The van der Waals surface area contributed by atoms with Crippen LogP contribution >= 0.6 is 23.2 Å². The van der Waals surface area contributed by atoms with Crippen LogP contribution in [0, 0.1) is 17.8 Å². The maximum absolute atomic E-state index is 12.1. The van der Waals surface area contributed by atoms with Gasteiger partial charge in [0.2, 0.25) is 0 Å². The summed E-state index contributed by atoms with van der Waals surface area (Å²) in [6.45, 7) is 6.00. The molecule has 0 saturated heterocycles. The zero-order chi connectivity index (χ0) is 18.6. The molecule has 1 aliphatic carbocycles. The van der Waals surface area contributed by atoms with E-state index >= 15 is 0 Å². The Hall–Kier alpha value is -1.33. The summed E-state index contributed by atoms with van der Waals surface area (Å²) in [5.74, 6) is 0.0782. The molecule has 0 aromatic carbocycles. The maximum atomic E-state index is 12.1. The summed E-state index contributed by atoms with van der Waals surface area (Å²) >= 11 is 11.5. The number of ether oxygens (including phenoxy) is 2. The summed E-state index contributed by atoms with van der Waals surface area (Å²) in [4.78, 5) is 27.8. The van der Waals surface area contributed by atoms with Crippen molar-refractivity contribution in [2.45, 2.75) is 46.1 Å². The van der Waals surface area contributed by atoms with E-state index in [1.54, 1.807) is 0 Å². The summed E-state index contributed by atoms with van der Waals surface area (Å²) in [6, 6.07) is 1.35. The Morgan fingerprint density at radius 3 is 2.68 bits per heavy atom. The van der Waals surface area contributed by atoms with Crippen LogP contribution in [0.15, 0.2) is 12.3 Å². The highest BCUT2D eigenvalue weighted by molar-refractivity contribution is 6.41. The third kappa shape index (κ3) is 5.58. The van der Waals surface area contributed by atoms with E-state index in [1.165, 1.54) is 12.3 Å². The second-order valence-electron chi connectivity index (χ2n) is 6.93. The van der Waals surface area contributed by atoms with E-state index in [9.17, 15) is 9.59 Å². The molecule has 2 rings (SSSR count). The van der Waals surface area contributed by atoms with Gasteiger partial charge in [-0.1, -0.05) is 50.4 Å². The summed E-state index contributed by atoms with van der Waals surface area (Å²) in [5.41, 5.74) is 0.133. The monoisotopic (exact) mass is 387 g/mol. The Bertz CT molecular complexity index is 636. The molecule has 1 saturated carbocycles. The van der Waals surface area contributed by atoms with Gasteiger partial charge in [-0.2, -0.15) is 0 Å². The third-order valence-corrected chi connectivity index (χ3v) is 5.28. The summed E-state index contributed by atoms with van der Waals surface area (Å²) in [6.07, 6.45) is 4.17. The molecule has 0 radical (unpaired) electrons. The number of carbonyl (C=O) groups is 2. The fourth-order valence-electron chi connectivity index (χ4n) is 3.19. The Balaban J connectivity index is 1.88. The lowest BCUT2D eigenvalue weighted by Gasteiger charge is -2.36. The van der Waals surface area contributed by atoms with Crippen LogP contribution in [0.5, 0.6) is 0 Å². The average Bonchev–Trinajstić information content (AvgIpc) is 2.55. The van der Waals surface area contributed by atoms with E-state index in [2.05, 4.69) is 25.8 Å². The SMILES string of the molecule is CC(C)[C@H]1CC[C@H](C)C[C@H]1OC(=O)COC(=O)c1cnc(Cl)c(Cl)c1. The van der Waals surface area contributed by atoms with Gasteiger partial charge in [0, 0.05) is 6.20 Å². The fraction of sp³-hybridized carbons (Fsp3) is 0.611. The van der Waals surface area contributed by atoms with E-state index < -0.39 is 18.5 Å². The minimum Gasteiger partial charge on any atom is -0.460 e. The molecule has 3 atom stereocenters. The molecule has 7 heteroatoms. The number of pyridine rings is 1. The zero-order valence-corrected chi connectivity index (χ0v) is 16.1. The molecular formula is C18H23Cl2NO4. The maximum Gasteiger partial charge on any atom is 0.344 e. The van der Waals surface area contributed by atoms with Gasteiger partial charge in [-0.15, -0.1) is 0 Å². The number of halogens is 2. The van der Waals surface area contributed by atoms with Crippen molar-refractivity contribution in [3.63, 3.8) is 0 Å². The van der Waals surface area contributed by atoms with Crippen molar-refractivity contribution in [2.24, 2.45) is 17.8 Å². The van der Waals surface area contributed by atoms with Gasteiger partial charge in [0.1, 0.15) is 11.3 Å². The lowest BCUT2D eigenvalue weighted by Crippen LogP contribution is -2.36. The number of hydrogen-bond acceptors (Lipinski definition) is 5. The lowest BCUT2D eigenvalue weighted by molar-refractivity contribution is -0.159. The third-order valence-electron chi connectivity index (χ3n) is 4.60. The second kappa shape index (κ2) is 8.86. The molecule has 1 aromatic rings. The summed E-state index contributed by atoms with van der Waals surface area (Å²) in [5, 5.41) is 0.249. The van der Waals surface area contributed by atoms with Crippen LogP contribution in [-0.2, 0) is 14.3 Å². The van der Waals surface area contributed by atoms with Crippen LogP contribution in [-0.4, -0.2) is 29.6 Å². The first kappa shape index (κ1) is 20.0. The number of rotatable bonds is 5. The first-order chi connectivity index (χ1) is 11.8. The van der Waals surface area contributed by atoms with Crippen molar-refractivity contribution >= 4 is 35.1 Å². The molecule has 25 heavy (non-hydrogen) atoms. The Morgan fingerprint density at radius 2 is 2.04 bits per heavy atom. The van der Waals surface area contributed by atoms with E-state index in [1.807, 2.05) is 0 Å². The van der Waals surface area contributed by atoms with Crippen molar-refractivity contribution < 1.29 is 19.1 Å². The van der Waals surface area contributed by atoms with Gasteiger partial charge in [0.05, 0.1) is 10.6 Å². The molecular weight excluding hydrogens is 365 g/mol. The highest BCUT2D eigenvalue weighted by Crippen LogP contribution is 2.35. The summed E-state index contributed by atoms with van der Waals surface area (Å²) < 4.78 is 10.6. The Labute approximate surface area is 158 Å². The molecule has 1 fully saturated rings. The smallest absolute Gasteiger partial charge is 0.344 e. The first-order valence-corrected chi connectivity index (χ1v) is 9.21. The molecule has 1 aromatic heterocycles. The van der Waals surface area contributed by atoms with Gasteiger partial charge < -0.3 is 9.47 Å². The molecule has 138 valence electrons. The van der Waals surface area contributed by atoms with Gasteiger partial charge in [-0.25, -0.2) is 14.6 Å². The topological polar surface area (TPSA) is 65.5 Å². The predicted molar refractivity (Wildman–Crippen MR) is 95.8 cm³/mol. The van der Waals surface area contributed by atoms with Crippen molar-refractivity contribution in [2.75, 3.05) is 6.61 Å². The summed E-state index contributed by atoms with van der Waals surface area (Å²) in [7, 11) is 0. The fourth-order valence-corrected chi connectivity index (χ4v) is 3.46. The van der Waals surface area contributed by atoms with Crippen molar-refractivity contribution in [1.29, 1.82) is 0 Å². The standard InChI is InChI=1S/C18H23Cl2NO4/c1-10(2)13-5-4-11(3)6-15(13)25-16(22)9-24-18(23)12-7-14(19)17(20)21-8-12/h7-8,10-11,13,15H,4-6,9H2,1-3H3/t11-,13+,15+/m0/s1. The van der Waals surface area contributed by atoms with Crippen LogP contribution in [0.25, 0.3) is 0 Å². The molecule has 0 bridgehead atoms. The normalized spacial score (nSPS) is 23.4. The van der Waals surface area contributed by atoms with E-state index in [4.69, 9.17) is 32.7 Å². The van der Waals surface area contributed by atoms with E-state index in [0.29, 0.717) is 17.8 Å². The quantitative estimate of drug-likeness (QED) is 0.547. The van der Waals surface area contributed by atoms with Crippen LogP contribution in [0.1, 0.15) is 50.4 Å². The molecule has 0 amide bonds. The van der Waals surface area contributed by atoms with Crippen LogP contribution < -0.4 is 0 Å².